The number of nitrogens with zero attached hydrogens (tertiary/aromatic N) is 3. The molecule has 0 saturated carbocycles. The smallest absolute Gasteiger partial charge is 0.322 e. The Bertz CT molecular complexity index is 1050. The van der Waals surface area contributed by atoms with Crippen LogP contribution in [0.2, 0.25) is 5.02 Å². The number of nitrogens with one attached hydrogen (secondary N) is 2. The molecular formula is C22H23ClFN5O3. The highest BCUT2D eigenvalue weighted by Gasteiger charge is 2.47. The Morgan fingerprint density at radius 2 is 2.00 bits per heavy atom. The quantitative estimate of drug-likeness (QED) is 0.670. The summed E-state index contributed by atoms with van der Waals surface area (Å²) in [6, 6.07) is 7.33. The number of hydrogen-bond donors (Lipinski definition) is 2. The molecule has 2 saturated heterocycles. The van der Waals surface area contributed by atoms with Crippen LogP contribution in [0.1, 0.15) is 25.3 Å². The third-order valence-corrected chi connectivity index (χ3v) is 6.33. The van der Waals surface area contributed by atoms with Crippen molar-refractivity contribution < 1.29 is 18.8 Å². The van der Waals surface area contributed by atoms with E-state index in [-0.39, 0.29) is 29.8 Å². The van der Waals surface area contributed by atoms with Crippen molar-refractivity contribution in [1.29, 1.82) is 0 Å². The van der Waals surface area contributed by atoms with E-state index in [1.54, 1.807) is 41.6 Å². The Morgan fingerprint density at radius 3 is 2.62 bits per heavy atom. The highest BCUT2D eigenvalue weighted by atomic mass is 35.5. The number of carbonyl (C=O) groups excluding carboxylic acids is 3. The molecule has 0 aliphatic carbocycles. The summed E-state index contributed by atoms with van der Waals surface area (Å²) in [5.74, 6) is -1.05. The molecule has 32 heavy (non-hydrogen) atoms. The number of carbonyl (C=O) groups is 3. The number of amides is 4. The van der Waals surface area contributed by atoms with Crippen LogP contribution in [0.4, 0.5) is 14.9 Å². The highest BCUT2D eigenvalue weighted by Crippen LogP contribution is 2.31. The number of imide groups is 1. The van der Waals surface area contributed by atoms with Gasteiger partial charge in [0.2, 0.25) is 5.91 Å². The van der Waals surface area contributed by atoms with Crippen molar-refractivity contribution >= 4 is 35.1 Å². The highest BCUT2D eigenvalue weighted by molar-refractivity contribution is 6.31. The van der Waals surface area contributed by atoms with Crippen LogP contribution in [0.25, 0.3) is 0 Å². The SMILES string of the molecule is C[C@H]1CN(C(=O)CCC2(c3ccncc3)NC(=O)NC2=O)CCN1c1ccc(F)c(Cl)c1. The molecule has 168 valence electrons. The van der Waals surface area contributed by atoms with Crippen LogP contribution in [0.3, 0.4) is 0 Å². The van der Waals surface area contributed by atoms with E-state index < -0.39 is 23.3 Å². The van der Waals surface area contributed by atoms with E-state index in [2.05, 4.69) is 20.5 Å². The van der Waals surface area contributed by atoms with Gasteiger partial charge in [-0.05, 0) is 49.2 Å². The molecule has 2 N–H and O–H groups in total. The van der Waals surface area contributed by atoms with Crippen LogP contribution < -0.4 is 15.5 Å². The number of hydrogen-bond acceptors (Lipinski definition) is 5. The summed E-state index contributed by atoms with van der Waals surface area (Å²) < 4.78 is 13.5. The Morgan fingerprint density at radius 1 is 1.25 bits per heavy atom. The van der Waals surface area contributed by atoms with Crippen LogP contribution in [0, 0.1) is 5.82 Å². The summed E-state index contributed by atoms with van der Waals surface area (Å²) in [4.78, 5) is 45.2. The fourth-order valence-corrected chi connectivity index (χ4v) is 4.51. The van der Waals surface area contributed by atoms with Crippen LogP contribution in [0.5, 0.6) is 0 Å². The van der Waals surface area contributed by atoms with Gasteiger partial charge in [-0.1, -0.05) is 11.6 Å². The summed E-state index contributed by atoms with van der Waals surface area (Å²) in [5.41, 5.74) is 0.0848. The van der Waals surface area contributed by atoms with E-state index in [1.807, 2.05) is 6.92 Å². The number of piperazine rings is 1. The third-order valence-electron chi connectivity index (χ3n) is 6.04. The molecule has 2 aliphatic rings. The normalized spacial score (nSPS) is 23.2. The van der Waals surface area contributed by atoms with Gasteiger partial charge in [-0.3, -0.25) is 19.9 Å². The van der Waals surface area contributed by atoms with Gasteiger partial charge in [0.15, 0.2) is 0 Å². The maximum Gasteiger partial charge on any atom is 0.322 e. The Hall–Kier alpha value is -3.20. The topological polar surface area (TPSA) is 94.6 Å². The molecule has 1 unspecified atom stereocenters. The van der Waals surface area contributed by atoms with Gasteiger partial charge in [0.05, 0.1) is 5.02 Å². The molecule has 3 heterocycles. The molecule has 0 bridgehead atoms. The van der Waals surface area contributed by atoms with E-state index in [1.165, 1.54) is 6.07 Å². The minimum absolute atomic E-state index is 0.00197. The molecule has 10 heteroatoms. The van der Waals surface area contributed by atoms with E-state index >= 15 is 0 Å². The monoisotopic (exact) mass is 459 g/mol. The first-order chi connectivity index (χ1) is 15.3. The number of benzene rings is 1. The fourth-order valence-electron chi connectivity index (χ4n) is 4.34. The predicted molar refractivity (Wildman–Crippen MR) is 117 cm³/mol. The van der Waals surface area contributed by atoms with Crippen LogP contribution in [0.15, 0.2) is 42.7 Å². The number of urea groups is 1. The van der Waals surface area contributed by atoms with Crippen LogP contribution in [-0.2, 0) is 15.1 Å². The van der Waals surface area contributed by atoms with Crippen molar-refractivity contribution in [2.45, 2.75) is 31.3 Å². The van der Waals surface area contributed by atoms with Gasteiger partial charge in [-0.2, -0.15) is 0 Å². The van der Waals surface area contributed by atoms with Crippen molar-refractivity contribution in [2.24, 2.45) is 0 Å². The zero-order chi connectivity index (χ0) is 22.9. The van der Waals surface area contributed by atoms with Gasteiger partial charge in [-0.15, -0.1) is 0 Å². The lowest BCUT2D eigenvalue weighted by Crippen LogP contribution is -2.54. The van der Waals surface area contributed by atoms with Gasteiger partial charge >= 0.3 is 6.03 Å². The lowest BCUT2D eigenvalue weighted by molar-refractivity contribution is -0.133. The summed E-state index contributed by atoms with van der Waals surface area (Å²) in [6.07, 6.45) is 3.30. The lowest BCUT2D eigenvalue weighted by Gasteiger charge is -2.41. The standard InChI is InChI=1S/C22H23ClFN5O3/c1-14-13-28(10-11-29(14)16-2-3-18(24)17(23)12-16)19(30)4-7-22(15-5-8-25-9-6-15)20(31)26-21(32)27-22/h2-3,5-6,8-9,12,14H,4,7,10-11,13H2,1H3,(H2,26,27,31,32)/t14-,22?/m0/s1. The van der Waals surface area contributed by atoms with Gasteiger partial charge in [0.25, 0.3) is 5.91 Å². The molecule has 2 aromatic rings. The van der Waals surface area contributed by atoms with E-state index in [9.17, 15) is 18.8 Å². The summed E-state index contributed by atoms with van der Waals surface area (Å²) >= 11 is 5.92. The Kier molecular flexibility index (Phi) is 6.01. The number of halogens is 2. The summed E-state index contributed by atoms with van der Waals surface area (Å²) in [5, 5.41) is 5.02. The molecule has 1 aromatic heterocycles. The van der Waals surface area contributed by atoms with Crippen molar-refractivity contribution in [2.75, 3.05) is 24.5 Å². The Balaban J connectivity index is 1.42. The molecule has 1 aromatic carbocycles. The van der Waals surface area contributed by atoms with Crippen LogP contribution >= 0.6 is 11.6 Å². The molecule has 4 amide bonds. The molecule has 0 spiro atoms. The van der Waals surface area contributed by atoms with Crippen molar-refractivity contribution in [1.82, 2.24) is 20.5 Å². The molecular weight excluding hydrogens is 437 g/mol. The summed E-state index contributed by atoms with van der Waals surface area (Å²) in [7, 11) is 0. The minimum Gasteiger partial charge on any atom is -0.365 e. The molecule has 2 aliphatic heterocycles. The second-order valence-corrected chi connectivity index (χ2v) is 8.44. The first-order valence-electron chi connectivity index (χ1n) is 10.3. The van der Waals surface area contributed by atoms with Crippen molar-refractivity contribution in [3.63, 3.8) is 0 Å². The van der Waals surface area contributed by atoms with Gasteiger partial charge in [0, 0.05) is 50.2 Å². The van der Waals surface area contributed by atoms with E-state index in [0.717, 1.165) is 5.69 Å². The Labute approximate surface area is 189 Å². The maximum absolute atomic E-state index is 13.5. The molecule has 4 rings (SSSR count). The zero-order valence-corrected chi connectivity index (χ0v) is 18.2. The number of anilines is 1. The fraction of sp³-hybridized carbons (Fsp3) is 0.364. The summed E-state index contributed by atoms with van der Waals surface area (Å²) in [6.45, 7) is 3.52. The third kappa shape index (κ3) is 4.12. The number of pyridine rings is 1. The average molecular weight is 460 g/mol. The first kappa shape index (κ1) is 22.0. The first-order valence-corrected chi connectivity index (χ1v) is 10.7. The van der Waals surface area contributed by atoms with Gasteiger partial charge in [-0.25, -0.2) is 9.18 Å². The van der Waals surface area contributed by atoms with Gasteiger partial charge < -0.3 is 15.1 Å². The second kappa shape index (κ2) is 8.74. The second-order valence-electron chi connectivity index (χ2n) is 8.03. The zero-order valence-electron chi connectivity index (χ0n) is 17.5. The predicted octanol–water partition coefficient (Wildman–Crippen LogP) is 2.43. The van der Waals surface area contributed by atoms with E-state index in [0.29, 0.717) is 25.2 Å². The maximum atomic E-state index is 13.5. The number of rotatable bonds is 5. The largest absolute Gasteiger partial charge is 0.365 e. The van der Waals surface area contributed by atoms with Crippen molar-refractivity contribution in [3.05, 3.63) is 59.1 Å². The minimum atomic E-state index is -1.30. The van der Waals surface area contributed by atoms with Gasteiger partial charge in [0.1, 0.15) is 11.4 Å². The average Bonchev–Trinajstić information content (AvgIpc) is 3.08. The molecule has 2 fully saturated rings. The van der Waals surface area contributed by atoms with Crippen LogP contribution in [-0.4, -0.2) is 53.4 Å². The molecule has 8 nitrogen and oxygen atoms in total. The van der Waals surface area contributed by atoms with Crippen molar-refractivity contribution in [3.8, 4) is 0 Å². The number of aromatic nitrogens is 1. The lowest BCUT2D eigenvalue weighted by atomic mass is 9.85. The van der Waals surface area contributed by atoms with E-state index in [4.69, 9.17) is 11.6 Å². The molecule has 2 atom stereocenters. The molecule has 0 radical (unpaired) electrons.